The molecule has 2 aromatic rings. The van der Waals surface area contributed by atoms with E-state index in [2.05, 4.69) is 5.32 Å². The molecular weight excluding hydrogens is 310 g/mol. The van der Waals surface area contributed by atoms with Gasteiger partial charge < -0.3 is 5.32 Å². The first-order valence-electron chi connectivity index (χ1n) is 9.25. The van der Waals surface area contributed by atoms with Crippen LogP contribution in [0.4, 0.5) is 0 Å². The highest BCUT2D eigenvalue weighted by atomic mass is 16.1. The van der Waals surface area contributed by atoms with Gasteiger partial charge in [-0.2, -0.15) is 0 Å². The molecule has 0 bridgehead atoms. The van der Waals surface area contributed by atoms with Crippen LogP contribution in [0.3, 0.4) is 0 Å². The van der Waals surface area contributed by atoms with E-state index in [1.807, 2.05) is 18.2 Å². The van der Waals surface area contributed by atoms with Crippen LogP contribution in [0.5, 0.6) is 0 Å². The molecule has 1 N–H and O–H groups in total. The molecule has 0 unspecified atom stereocenters. The van der Waals surface area contributed by atoms with E-state index in [1.165, 1.54) is 32.1 Å². The van der Waals surface area contributed by atoms with Crippen molar-refractivity contribution < 1.29 is 9.59 Å². The maximum atomic E-state index is 12.5. The Morgan fingerprint density at radius 3 is 1.84 bits per heavy atom. The number of amides is 1. The Labute approximate surface area is 149 Å². The lowest BCUT2D eigenvalue weighted by Crippen LogP contribution is -2.35. The van der Waals surface area contributed by atoms with Crippen LogP contribution in [0.15, 0.2) is 54.6 Å². The Morgan fingerprint density at radius 2 is 1.20 bits per heavy atom. The number of carbonyl (C=O) groups excluding carboxylic acids is 2. The fourth-order valence-corrected chi connectivity index (χ4v) is 3.40. The van der Waals surface area contributed by atoms with E-state index in [4.69, 9.17) is 0 Å². The quantitative estimate of drug-likeness (QED) is 0.819. The summed E-state index contributed by atoms with van der Waals surface area (Å²) < 4.78 is 0. The molecule has 0 saturated heterocycles. The van der Waals surface area contributed by atoms with Gasteiger partial charge in [0.05, 0.1) is 0 Å². The second-order valence-corrected chi connectivity index (χ2v) is 6.79. The lowest BCUT2D eigenvalue weighted by molar-refractivity contribution is 0.0929. The van der Waals surface area contributed by atoms with Crippen LogP contribution in [-0.4, -0.2) is 17.7 Å². The number of carbonyl (C=O) groups is 2. The second-order valence-electron chi connectivity index (χ2n) is 6.79. The van der Waals surface area contributed by atoms with Crippen LogP contribution in [0.2, 0.25) is 0 Å². The molecule has 1 aliphatic rings. The molecule has 0 heterocycles. The van der Waals surface area contributed by atoms with E-state index in [0.29, 0.717) is 16.7 Å². The zero-order valence-corrected chi connectivity index (χ0v) is 14.5. The van der Waals surface area contributed by atoms with Gasteiger partial charge >= 0.3 is 0 Å². The lowest BCUT2D eigenvalue weighted by atomic mass is 9.96. The number of nitrogens with one attached hydrogen (secondary N) is 1. The molecule has 130 valence electrons. The summed E-state index contributed by atoms with van der Waals surface area (Å²) in [5.74, 6) is -0.0585. The average Bonchev–Trinajstić information content (AvgIpc) is 2.64. The first-order valence-corrected chi connectivity index (χ1v) is 9.25. The zero-order chi connectivity index (χ0) is 17.5. The van der Waals surface area contributed by atoms with Crippen LogP contribution in [-0.2, 0) is 0 Å². The number of rotatable bonds is 4. The number of hydrogen-bond acceptors (Lipinski definition) is 2. The highest BCUT2D eigenvalue weighted by Crippen LogP contribution is 2.18. The molecule has 0 atom stereocenters. The smallest absolute Gasteiger partial charge is 0.251 e. The summed E-state index contributed by atoms with van der Waals surface area (Å²) >= 11 is 0. The largest absolute Gasteiger partial charge is 0.349 e. The Morgan fingerprint density at radius 1 is 0.680 bits per heavy atom. The van der Waals surface area contributed by atoms with Gasteiger partial charge in [-0.3, -0.25) is 9.59 Å². The first-order chi connectivity index (χ1) is 12.2. The molecule has 1 fully saturated rings. The van der Waals surface area contributed by atoms with Gasteiger partial charge in [0.2, 0.25) is 0 Å². The topological polar surface area (TPSA) is 46.2 Å². The Bertz CT molecular complexity index is 699. The summed E-state index contributed by atoms with van der Waals surface area (Å²) in [7, 11) is 0. The fraction of sp³-hybridized carbons (Fsp3) is 0.364. The summed E-state index contributed by atoms with van der Waals surface area (Å²) in [6.07, 6.45) is 8.36. The predicted octanol–water partition coefficient (Wildman–Crippen LogP) is 4.76. The van der Waals surface area contributed by atoms with Gasteiger partial charge in [-0.1, -0.05) is 74.6 Å². The van der Waals surface area contributed by atoms with Gasteiger partial charge in [0.15, 0.2) is 5.78 Å². The van der Waals surface area contributed by atoms with Crippen LogP contribution in [0.25, 0.3) is 0 Å². The number of benzene rings is 2. The fourth-order valence-electron chi connectivity index (χ4n) is 3.40. The van der Waals surface area contributed by atoms with Crippen molar-refractivity contribution in [3.63, 3.8) is 0 Å². The monoisotopic (exact) mass is 335 g/mol. The van der Waals surface area contributed by atoms with Gasteiger partial charge in [0, 0.05) is 22.7 Å². The van der Waals surface area contributed by atoms with Crippen LogP contribution in [0, 0.1) is 0 Å². The van der Waals surface area contributed by atoms with Crippen molar-refractivity contribution in [1.29, 1.82) is 0 Å². The number of ketones is 1. The molecular formula is C22H25NO2. The lowest BCUT2D eigenvalue weighted by Gasteiger charge is -2.21. The second kappa shape index (κ2) is 8.61. The normalized spacial score (nSPS) is 15.8. The van der Waals surface area contributed by atoms with Crippen LogP contribution in [0.1, 0.15) is 71.2 Å². The van der Waals surface area contributed by atoms with E-state index in [0.717, 1.165) is 12.8 Å². The highest BCUT2D eigenvalue weighted by molar-refractivity contribution is 6.09. The van der Waals surface area contributed by atoms with Gasteiger partial charge in [0.1, 0.15) is 0 Å². The van der Waals surface area contributed by atoms with Crippen molar-refractivity contribution >= 4 is 11.7 Å². The maximum absolute atomic E-state index is 12.5. The van der Waals surface area contributed by atoms with Crippen LogP contribution < -0.4 is 5.32 Å². The highest BCUT2D eigenvalue weighted by Gasteiger charge is 2.16. The average molecular weight is 335 g/mol. The molecule has 0 aliphatic heterocycles. The van der Waals surface area contributed by atoms with E-state index >= 15 is 0 Å². The SMILES string of the molecule is O=C(NC1CCCCCCC1)c1ccc(C(=O)c2ccccc2)cc1. The molecule has 1 saturated carbocycles. The maximum Gasteiger partial charge on any atom is 0.251 e. The van der Waals surface area contributed by atoms with Crippen molar-refractivity contribution in [2.45, 2.75) is 51.0 Å². The molecule has 3 rings (SSSR count). The minimum atomic E-state index is -0.0377. The molecule has 25 heavy (non-hydrogen) atoms. The molecule has 1 amide bonds. The molecule has 3 heteroatoms. The minimum absolute atomic E-state index is 0.0208. The molecule has 0 aromatic heterocycles. The van der Waals surface area contributed by atoms with Crippen molar-refractivity contribution in [2.75, 3.05) is 0 Å². The number of hydrogen-bond donors (Lipinski definition) is 1. The molecule has 2 aromatic carbocycles. The van der Waals surface area contributed by atoms with Crippen LogP contribution >= 0.6 is 0 Å². The minimum Gasteiger partial charge on any atom is -0.349 e. The Kier molecular flexibility index (Phi) is 5.99. The van der Waals surface area contributed by atoms with Crippen molar-refractivity contribution in [1.82, 2.24) is 5.32 Å². The summed E-state index contributed by atoms with van der Waals surface area (Å²) in [4.78, 5) is 24.9. The third kappa shape index (κ3) is 4.79. The molecule has 1 aliphatic carbocycles. The third-order valence-electron chi connectivity index (χ3n) is 4.89. The van der Waals surface area contributed by atoms with Gasteiger partial charge in [-0.15, -0.1) is 0 Å². The summed E-state index contributed by atoms with van der Waals surface area (Å²) in [5.41, 5.74) is 1.88. The zero-order valence-electron chi connectivity index (χ0n) is 14.5. The summed E-state index contributed by atoms with van der Waals surface area (Å²) in [6, 6.07) is 16.4. The standard InChI is InChI=1S/C22H25NO2/c24-21(17-9-5-4-6-10-17)18-13-15-19(16-14-18)22(25)23-20-11-7-2-1-3-8-12-20/h4-6,9-10,13-16,20H,1-3,7-8,11-12H2,(H,23,25). The molecule has 0 spiro atoms. The third-order valence-corrected chi connectivity index (χ3v) is 4.89. The van der Waals surface area contributed by atoms with E-state index in [1.54, 1.807) is 36.4 Å². The van der Waals surface area contributed by atoms with Crippen molar-refractivity contribution in [3.8, 4) is 0 Å². The summed E-state index contributed by atoms with van der Waals surface area (Å²) in [6.45, 7) is 0. The van der Waals surface area contributed by atoms with E-state index in [9.17, 15) is 9.59 Å². The van der Waals surface area contributed by atoms with E-state index in [-0.39, 0.29) is 17.7 Å². The molecule has 3 nitrogen and oxygen atoms in total. The van der Waals surface area contributed by atoms with Gasteiger partial charge in [-0.05, 0) is 25.0 Å². The van der Waals surface area contributed by atoms with E-state index < -0.39 is 0 Å². The Hall–Kier alpha value is -2.42. The van der Waals surface area contributed by atoms with Crippen molar-refractivity contribution in [3.05, 3.63) is 71.3 Å². The van der Waals surface area contributed by atoms with Gasteiger partial charge in [0.25, 0.3) is 5.91 Å². The predicted molar refractivity (Wildman–Crippen MR) is 99.9 cm³/mol. The van der Waals surface area contributed by atoms with Gasteiger partial charge in [-0.25, -0.2) is 0 Å². The van der Waals surface area contributed by atoms with Crippen molar-refractivity contribution in [2.24, 2.45) is 0 Å². The molecule has 0 radical (unpaired) electrons. The Balaban J connectivity index is 1.63. The summed E-state index contributed by atoms with van der Waals surface area (Å²) in [5, 5.41) is 3.16. The first kappa shape index (κ1) is 17.4.